The molecule has 9 heteroatoms. The predicted molar refractivity (Wildman–Crippen MR) is 244 cm³/mol. The Hall–Kier alpha value is -2.25. The lowest BCUT2D eigenvalue weighted by atomic mass is 10.1. The van der Waals surface area contributed by atoms with Gasteiger partial charge >= 0.3 is 19.8 Å². The first-order chi connectivity index (χ1) is 28.3. The predicted octanol–water partition coefficient (Wildman–Crippen LogP) is 15.1. The van der Waals surface area contributed by atoms with Crippen molar-refractivity contribution in [1.82, 2.24) is 0 Å². The van der Waals surface area contributed by atoms with Crippen molar-refractivity contribution in [3.63, 3.8) is 0 Å². The Labute approximate surface area is 356 Å². The van der Waals surface area contributed by atoms with E-state index in [2.05, 4.69) is 74.6 Å². The van der Waals surface area contributed by atoms with Gasteiger partial charge in [-0.2, -0.15) is 0 Å². The van der Waals surface area contributed by atoms with Gasteiger partial charge < -0.3 is 14.4 Å². The molecule has 0 rings (SSSR count). The lowest BCUT2D eigenvalue weighted by molar-refractivity contribution is -0.161. The lowest BCUT2D eigenvalue weighted by Crippen LogP contribution is -2.29. The summed E-state index contributed by atoms with van der Waals surface area (Å²) in [5.74, 6) is -0.813. The van der Waals surface area contributed by atoms with Crippen molar-refractivity contribution in [2.24, 2.45) is 0 Å². The van der Waals surface area contributed by atoms with Gasteiger partial charge in [0.15, 0.2) is 6.10 Å². The molecule has 0 amide bonds. The summed E-state index contributed by atoms with van der Waals surface area (Å²) in [7, 11) is -4.29. The van der Waals surface area contributed by atoms with Crippen LogP contribution in [0.15, 0.2) is 60.8 Å². The van der Waals surface area contributed by atoms with Gasteiger partial charge in [-0.3, -0.25) is 18.6 Å². The molecule has 0 aliphatic rings. The standard InChI is InChI=1S/C49H87O8P/c1-4-7-9-11-13-15-17-19-21-23-24-25-26-28-29-31-33-35-37-39-41-43-48(50)54-45-47(46-56-58(52,53)55-6-3)57-49(51)44-42-40-38-36-34-32-30-27-22-20-18-16-14-12-10-8-5-2/h8,10,14,16-17,19-20,22-24,47H,4-7,9,11-13,15,18,21,25-46H2,1-3H3,(H,52,53)/b10-8-,16-14-,19-17-,22-20-,24-23-. The number of unbranched alkanes of at least 4 members (excludes halogenated alkanes) is 21. The SMILES string of the molecule is CC/C=C\C/C=C\C/C=C\CCCCCCCCCC(=O)OC(COC(=O)CCCCCCCCCCC/C=C\C/C=C\CCCCCCC)COP(=O)(O)OCC. The third kappa shape index (κ3) is 43.3. The Morgan fingerprint density at radius 1 is 0.483 bits per heavy atom. The highest BCUT2D eigenvalue weighted by Crippen LogP contribution is 2.43. The Morgan fingerprint density at radius 3 is 1.33 bits per heavy atom. The maximum Gasteiger partial charge on any atom is 0.472 e. The summed E-state index contributed by atoms with van der Waals surface area (Å²) < 4.78 is 32.7. The smallest absolute Gasteiger partial charge is 0.462 e. The Balaban J connectivity index is 4.04. The number of ether oxygens (including phenoxy) is 2. The van der Waals surface area contributed by atoms with E-state index in [-0.39, 0.29) is 32.0 Å². The van der Waals surface area contributed by atoms with Gasteiger partial charge in [0.1, 0.15) is 6.61 Å². The molecule has 0 aliphatic carbocycles. The highest BCUT2D eigenvalue weighted by molar-refractivity contribution is 7.47. The van der Waals surface area contributed by atoms with Crippen LogP contribution in [0, 0.1) is 0 Å². The van der Waals surface area contributed by atoms with Crippen molar-refractivity contribution >= 4 is 19.8 Å². The number of allylic oxidation sites excluding steroid dienone is 10. The first kappa shape index (κ1) is 55.8. The number of carbonyl (C=O) groups is 2. The molecular weight excluding hydrogens is 748 g/mol. The molecule has 0 radical (unpaired) electrons. The molecule has 0 fully saturated rings. The van der Waals surface area contributed by atoms with Crippen molar-refractivity contribution in [2.75, 3.05) is 19.8 Å². The van der Waals surface area contributed by atoms with Crippen LogP contribution in [0.5, 0.6) is 0 Å². The fourth-order valence-corrected chi connectivity index (χ4v) is 7.14. The maximum absolute atomic E-state index is 12.6. The van der Waals surface area contributed by atoms with E-state index in [1.807, 2.05) is 0 Å². The van der Waals surface area contributed by atoms with Crippen molar-refractivity contribution in [2.45, 2.75) is 219 Å². The zero-order valence-corrected chi connectivity index (χ0v) is 38.3. The monoisotopic (exact) mass is 835 g/mol. The van der Waals surface area contributed by atoms with Crippen molar-refractivity contribution < 1.29 is 37.6 Å². The van der Waals surface area contributed by atoms with Gasteiger partial charge in [-0.05, 0) is 84.0 Å². The number of phosphoric acid groups is 1. The summed E-state index contributed by atoms with van der Waals surface area (Å²) in [6.45, 7) is 5.35. The van der Waals surface area contributed by atoms with Gasteiger partial charge in [0, 0.05) is 12.8 Å². The third-order valence-corrected chi connectivity index (χ3v) is 10.9. The molecule has 0 aromatic carbocycles. The van der Waals surface area contributed by atoms with Crippen LogP contribution in [-0.2, 0) is 32.7 Å². The van der Waals surface area contributed by atoms with Gasteiger partial charge in [-0.15, -0.1) is 0 Å². The summed E-state index contributed by atoms with van der Waals surface area (Å²) in [5.41, 5.74) is 0. The summed E-state index contributed by atoms with van der Waals surface area (Å²) in [6.07, 6.45) is 54.2. The van der Waals surface area contributed by atoms with E-state index in [0.29, 0.717) is 6.42 Å². The van der Waals surface area contributed by atoms with Gasteiger partial charge in [-0.1, -0.05) is 177 Å². The molecule has 1 N–H and O–H groups in total. The van der Waals surface area contributed by atoms with Crippen LogP contribution in [0.3, 0.4) is 0 Å². The molecule has 58 heavy (non-hydrogen) atoms. The minimum absolute atomic E-state index is 0.00461. The molecule has 336 valence electrons. The molecule has 0 spiro atoms. The number of phosphoric ester groups is 1. The highest BCUT2D eigenvalue weighted by Gasteiger charge is 2.25. The number of hydrogen-bond acceptors (Lipinski definition) is 7. The van der Waals surface area contributed by atoms with Gasteiger partial charge in [0.2, 0.25) is 0 Å². The summed E-state index contributed by atoms with van der Waals surface area (Å²) in [4.78, 5) is 34.8. The second-order valence-corrected chi connectivity index (χ2v) is 16.8. The average Bonchev–Trinajstić information content (AvgIpc) is 3.20. The van der Waals surface area contributed by atoms with E-state index < -0.39 is 26.5 Å². The van der Waals surface area contributed by atoms with Crippen LogP contribution >= 0.6 is 7.82 Å². The van der Waals surface area contributed by atoms with Crippen LogP contribution in [-0.4, -0.2) is 42.8 Å². The largest absolute Gasteiger partial charge is 0.472 e. The van der Waals surface area contributed by atoms with Crippen LogP contribution in [0.25, 0.3) is 0 Å². The Bertz CT molecular complexity index is 1130. The van der Waals surface area contributed by atoms with E-state index in [1.54, 1.807) is 6.92 Å². The molecule has 0 aromatic heterocycles. The third-order valence-electron chi connectivity index (χ3n) is 9.81. The van der Waals surface area contributed by atoms with E-state index in [0.717, 1.165) is 70.6 Å². The van der Waals surface area contributed by atoms with E-state index in [4.69, 9.17) is 18.5 Å². The van der Waals surface area contributed by atoms with Crippen LogP contribution < -0.4 is 0 Å². The summed E-state index contributed by atoms with van der Waals surface area (Å²) in [5, 5.41) is 0. The van der Waals surface area contributed by atoms with Crippen LogP contribution in [0.4, 0.5) is 0 Å². The van der Waals surface area contributed by atoms with Crippen LogP contribution in [0.1, 0.15) is 213 Å². The molecule has 0 saturated carbocycles. The fourth-order valence-electron chi connectivity index (χ4n) is 6.38. The Kier molecular flexibility index (Phi) is 42.6. The maximum atomic E-state index is 12.6. The second kappa shape index (κ2) is 44.3. The van der Waals surface area contributed by atoms with Gasteiger partial charge in [-0.25, -0.2) is 4.57 Å². The molecule has 0 aromatic rings. The van der Waals surface area contributed by atoms with Crippen molar-refractivity contribution in [3.05, 3.63) is 60.8 Å². The first-order valence-electron chi connectivity index (χ1n) is 23.6. The van der Waals surface area contributed by atoms with Crippen LogP contribution in [0.2, 0.25) is 0 Å². The number of rotatable bonds is 43. The number of esters is 2. The van der Waals surface area contributed by atoms with E-state index in [1.165, 1.54) is 103 Å². The molecule has 0 saturated heterocycles. The molecule has 8 nitrogen and oxygen atoms in total. The quantitative estimate of drug-likeness (QED) is 0.0280. The fraction of sp³-hybridized carbons (Fsp3) is 0.755. The normalized spacial score (nSPS) is 13.8. The molecular formula is C49H87O8P. The topological polar surface area (TPSA) is 108 Å². The molecule has 2 unspecified atom stereocenters. The van der Waals surface area contributed by atoms with E-state index >= 15 is 0 Å². The highest BCUT2D eigenvalue weighted by atomic mass is 31.2. The zero-order chi connectivity index (χ0) is 42.5. The van der Waals surface area contributed by atoms with Gasteiger partial charge in [0.25, 0.3) is 0 Å². The van der Waals surface area contributed by atoms with E-state index in [9.17, 15) is 19.0 Å². The van der Waals surface area contributed by atoms with Crippen molar-refractivity contribution in [1.29, 1.82) is 0 Å². The average molecular weight is 835 g/mol. The minimum Gasteiger partial charge on any atom is -0.462 e. The summed E-state index contributed by atoms with van der Waals surface area (Å²) in [6, 6.07) is 0. The number of hydrogen-bond donors (Lipinski definition) is 1. The second-order valence-electron chi connectivity index (χ2n) is 15.4. The molecule has 0 aliphatic heterocycles. The first-order valence-corrected chi connectivity index (χ1v) is 25.1. The minimum atomic E-state index is -4.29. The van der Waals surface area contributed by atoms with Crippen molar-refractivity contribution in [3.8, 4) is 0 Å². The summed E-state index contributed by atoms with van der Waals surface area (Å²) >= 11 is 0. The molecule has 0 bridgehead atoms. The lowest BCUT2D eigenvalue weighted by Gasteiger charge is -2.19. The van der Waals surface area contributed by atoms with Gasteiger partial charge in [0.05, 0.1) is 13.2 Å². The molecule has 0 heterocycles. The number of carbonyl (C=O) groups excluding carboxylic acids is 2. The molecule has 2 atom stereocenters. The zero-order valence-electron chi connectivity index (χ0n) is 37.4. The Morgan fingerprint density at radius 2 is 0.879 bits per heavy atom.